The van der Waals surface area contributed by atoms with Crippen LogP contribution in [0.1, 0.15) is 44.7 Å². The van der Waals surface area contributed by atoms with Gasteiger partial charge in [0.2, 0.25) is 0 Å². The summed E-state index contributed by atoms with van der Waals surface area (Å²) >= 11 is 0. The SMILES string of the molecule is COc1c(CC(C)(C)N)cccc1C(C)C. The zero-order chi connectivity index (χ0) is 12.3. The first-order chi connectivity index (χ1) is 7.35. The van der Waals surface area contributed by atoms with Crippen molar-refractivity contribution in [1.29, 1.82) is 0 Å². The molecule has 2 heteroatoms. The van der Waals surface area contributed by atoms with Crippen LogP contribution in [0, 0.1) is 0 Å². The Hall–Kier alpha value is -1.02. The third-order valence-electron chi connectivity index (χ3n) is 2.60. The lowest BCUT2D eigenvalue weighted by Crippen LogP contribution is -2.34. The highest BCUT2D eigenvalue weighted by Crippen LogP contribution is 2.31. The Kier molecular flexibility index (Phi) is 3.98. The molecule has 0 aliphatic carbocycles. The predicted octanol–water partition coefficient (Wildman–Crippen LogP) is 3.10. The average Bonchev–Trinajstić information content (AvgIpc) is 2.14. The van der Waals surface area contributed by atoms with Gasteiger partial charge in [-0.1, -0.05) is 32.0 Å². The van der Waals surface area contributed by atoms with Gasteiger partial charge in [0, 0.05) is 5.54 Å². The Labute approximate surface area is 98.8 Å². The topological polar surface area (TPSA) is 35.2 Å². The van der Waals surface area contributed by atoms with Crippen molar-refractivity contribution in [3.8, 4) is 5.75 Å². The fraction of sp³-hybridized carbons (Fsp3) is 0.571. The summed E-state index contributed by atoms with van der Waals surface area (Å²) in [5.41, 5.74) is 8.31. The van der Waals surface area contributed by atoms with Gasteiger partial charge in [0.15, 0.2) is 0 Å². The molecule has 0 saturated carbocycles. The molecule has 0 aliphatic heterocycles. The van der Waals surface area contributed by atoms with Crippen LogP contribution >= 0.6 is 0 Å². The minimum Gasteiger partial charge on any atom is -0.496 e. The van der Waals surface area contributed by atoms with E-state index < -0.39 is 0 Å². The van der Waals surface area contributed by atoms with Gasteiger partial charge in [0.1, 0.15) is 5.75 Å². The number of hydrogen-bond acceptors (Lipinski definition) is 2. The van der Waals surface area contributed by atoms with E-state index in [1.54, 1.807) is 7.11 Å². The number of rotatable bonds is 4. The lowest BCUT2D eigenvalue weighted by molar-refractivity contribution is 0.395. The molecule has 0 heterocycles. The van der Waals surface area contributed by atoms with Gasteiger partial charge in [-0.3, -0.25) is 0 Å². The molecule has 90 valence electrons. The molecular weight excluding hydrogens is 198 g/mol. The molecule has 0 saturated heterocycles. The van der Waals surface area contributed by atoms with Gasteiger partial charge >= 0.3 is 0 Å². The lowest BCUT2D eigenvalue weighted by Gasteiger charge is -2.22. The fourth-order valence-corrected chi connectivity index (χ4v) is 1.94. The number of para-hydroxylation sites is 1. The van der Waals surface area contributed by atoms with Crippen LogP contribution in [-0.2, 0) is 6.42 Å². The Balaban J connectivity index is 3.14. The summed E-state index contributed by atoms with van der Waals surface area (Å²) in [4.78, 5) is 0. The van der Waals surface area contributed by atoms with E-state index in [-0.39, 0.29) is 5.54 Å². The van der Waals surface area contributed by atoms with E-state index in [0.29, 0.717) is 5.92 Å². The molecule has 0 bridgehead atoms. The van der Waals surface area contributed by atoms with E-state index in [0.717, 1.165) is 12.2 Å². The van der Waals surface area contributed by atoms with Crippen molar-refractivity contribution in [2.45, 2.75) is 45.6 Å². The third-order valence-corrected chi connectivity index (χ3v) is 2.60. The Morgan fingerprint density at radius 3 is 2.38 bits per heavy atom. The van der Waals surface area contributed by atoms with Crippen molar-refractivity contribution >= 4 is 0 Å². The van der Waals surface area contributed by atoms with Crippen molar-refractivity contribution in [2.75, 3.05) is 7.11 Å². The van der Waals surface area contributed by atoms with Crippen LogP contribution in [0.3, 0.4) is 0 Å². The average molecular weight is 221 g/mol. The predicted molar refractivity (Wildman–Crippen MR) is 69.1 cm³/mol. The Morgan fingerprint density at radius 2 is 1.94 bits per heavy atom. The zero-order valence-corrected chi connectivity index (χ0v) is 11.0. The van der Waals surface area contributed by atoms with Crippen LogP contribution in [0.25, 0.3) is 0 Å². The first-order valence-corrected chi connectivity index (χ1v) is 5.80. The van der Waals surface area contributed by atoms with Crippen molar-refractivity contribution in [2.24, 2.45) is 5.73 Å². The molecule has 0 unspecified atom stereocenters. The molecule has 0 atom stereocenters. The van der Waals surface area contributed by atoms with E-state index in [4.69, 9.17) is 10.5 Å². The smallest absolute Gasteiger partial charge is 0.125 e. The number of methoxy groups -OCH3 is 1. The summed E-state index contributed by atoms with van der Waals surface area (Å²) in [6.07, 6.45) is 0.830. The summed E-state index contributed by atoms with van der Waals surface area (Å²) in [6.45, 7) is 8.42. The summed E-state index contributed by atoms with van der Waals surface area (Å²) in [6, 6.07) is 6.30. The van der Waals surface area contributed by atoms with Crippen molar-refractivity contribution in [1.82, 2.24) is 0 Å². The molecule has 16 heavy (non-hydrogen) atoms. The van der Waals surface area contributed by atoms with E-state index in [1.165, 1.54) is 11.1 Å². The summed E-state index contributed by atoms with van der Waals surface area (Å²) in [7, 11) is 1.73. The quantitative estimate of drug-likeness (QED) is 0.848. The molecule has 2 N–H and O–H groups in total. The summed E-state index contributed by atoms with van der Waals surface area (Å²) in [5.74, 6) is 1.46. The molecule has 0 amide bonds. The highest BCUT2D eigenvalue weighted by molar-refractivity contribution is 5.44. The number of benzene rings is 1. The second kappa shape index (κ2) is 4.88. The maximum absolute atomic E-state index is 6.06. The minimum absolute atomic E-state index is 0.205. The van der Waals surface area contributed by atoms with Gasteiger partial charge in [0.05, 0.1) is 7.11 Å². The van der Waals surface area contributed by atoms with Gasteiger partial charge in [-0.15, -0.1) is 0 Å². The van der Waals surface area contributed by atoms with Crippen LogP contribution in [0.4, 0.5) is 0 Å². The lowest BCUT2D eigenvalue weighted by atomic mass is 9.91. The second-order valence-corrected chi connectivity index (χ2v) is 5.36. The largest absolute Gasteiger partial charge is 0.496 e. The van der Waals surface area contributed by atoms with Gasteiger partial charge in [-0.25, -0.2) is 0 Å². The molecule has 0 spiro atoms. The van der Waals surface area contributed by atoms with Crippen LogP contribution in [0.2, 0.25) is 0 Å². The summed E-state index contributed by atoms with van der Waals surface area (Å²) in [5, 5.41) is 0. The maximum atomic E-state index is 6.06. The molecule has 1 aromatic rings. The molecule has 0 fully saturated rings. The highest BCUT2D eigenvalue weighted by Gasteiger charge is 2.17. The highest BCUT2D eigenvalue weighted by atomic mass is 16.5. The van der Waals surface area contributed by atoms with E-state index in [9.17, 15) is 0 Å². The fourth-order valence-electron chi connectivity index (χ4n) is 1.94. The maximum Gasteiger partial charge on any atom is 0.125 e. The van der Waals surface area contributed by atoms with Crippen molar-refractivity contribution in [3.63, 3.8) is 0 Å². The number of nitrogens with two attached hydrogens (primary N) is 1. The summed E-state index contributed by atoms with van der Waals surface area (Å²) < 4.78 is 5.53. The van der Waals surface area contributed by atoms with Crippen LogP contribution in [0.5, 0.6) is 5.75 Å². The molecule has 1 aromatic carbocycles. The normalized spacial score (nSPS) is 11.9. The van der Waals surface area contributed by atoms with Gasteiger partial charge < -0.3 is 10.5 Å². The van der Waals surface area contributed by atoms with Gasteiger partial charge in [0.25, 0.3) is 0 Å². The van der Waals surface area contributed by atoms with Crippen LogP contribution in [0.15, 0.2) is 18.2 Å². The van der Waals surface area contributed by atoms with Crippen molar-refractivity contribution < 1.29 is 4.74 Å². The number of ether oxygens (including phenoxy) is 1. The van der Waals surface area contributed by atoms with E-state index in [1.807, 2.05) is 13.8 Å². The third kappa shape index (κ3) is 3.24. The van der Waals surface area contributed by atoms with Gasteiger partial charge in [-0.2, -0.15) is 0 Å². The Morgan fingerprint density at radius 1 is 1.31 bits per heavy atom. The van der Waals surface area contributed by atoms with Crippen LogP contribution < -0.4 is 10.5 Å². The molecular formula is C14H23NO. The van der Waals surface area contributed by atoms with Crippen LogP contribution in [-0.4, -0.2) is 12.6 Å². The first kappa shape index (κ1) is 13.0. The van der Waals surface area contributed by atoms with Crippen molar-refractivity contribution in [3.05, 3.63) is 29.3 Å². The molecule has 0 radical (unpaired) electrons. The van der Waals surface area contributed by atoms with E-state index >= 15 is 0 Å². The minimum atomic E-state index is -0.205. The molecule has 1 rings (SSSR count). The van der Waals surface area contributed by atoms with E-state index in [2.05, 4.69) is 32.0 Å². The number of hydrogen-bond donors (Lipinski definition) is 1. The molecule has 0 aliphatic rings. The second-order valence-electron chi connectivity index (χ2n) is 5.36. The Bertz CT molecular complexity index is 350. The first-order valence-electron chi connectivity index (χ1n) is 5.80. The monoisotopic (exact) mass is 221 g/mol. The zero-order valence-electron chi connectivity index (χ0n) is 11.0. The molecule has 2 nitrogen and oxygen atoms in total. The standard InChI is InChI=1S/C14H23NO/c1-10(2)12-8-6-7-11(13(12)16-5)9-14(3,4)15/h6-8,10H,9,15H2,1-5H3. The van der Waals surface area contributed by atoms with Gasteiger partial charge in [-0.05, 0) is 37.3 Å². The molecule has 0 aromatic heterocycles.